The highest BCUT2D eigenvalue weighted by molar-refractivity contribution is 7.93. The van der Waals surface area contributed by atoms with E-state index in [1.165, 1.54) is 84.1 Å². The predicted octanol–water partition coefficient (Wildman–Crippen LogP) is 8.93. The van der Waals surface area contributed by atoms with Crippen molar-refractivity contribution in [2.75, 3.05) is 0 Å². The Kier molecular flexibility index (Phi) is 18.9. The second kappa shape index (κ2) is 26.5. The van der Waals surface area contributed by atoms with Gasteiger partial charge in [-0.3, -0.25) is 14.4 Å². The SMILES string of the molecule is NS(=O)(=O)c1ccccc1S(=O)(=O)NC(=O)c1ccc(-c2cc3ccccc3o2)cc1.NS(=O)(=O)c1ccccc1S(=O)(=O)NC(=O)c1ccc(-c2cc3ccccc3s2)cc1.NS(=O)(=O)c1ccccc1S(=O)(=O)NC(=O)c1ccc(-c2nc3ccccc3s2)cc1. The molecule has 0 radical (unpaired) electrons. The Labute approximate surface area is 540 Å². The van der Waals surface area contributed by atoms with Crippen LogP contribution in [0.2, 0.25) is 0 Å². The molecule has 93 heavy (non-hydrogen) atoms. The van der Waals surface area contributed by atoms with E-state index in [9.17, 15) is 64.9 Å². The number of nitrogens with two attached hydrogens (primary N) is 3. The van der Waals surface area contributed by atoms with Crippen LogP contribution in [0.1, 0.15) is 31.1 Å². The Morgan fingerprint density at radius 1 is 0.355 bits per heavy atom. The smallest absolute Gasteiger partial charge is 0.265 e. The molecule has 0 unspecified atom stereocenters. The average Bonchev–Trinajstić information content (AvgIpc) is 1.93. The van der Waals surface area contributed by atoms with E-state index < -0.39 is 107 Å². The van der Waals surface area contributed by atoms with Crippen molar-refractivity contribution in [3.8, 4) is 32.3 Å². The summed E-state index contributed by atoms with van der Waals surface area (Å²) in [5.41, 5.74) is 4.22. The van der Waals surface area contributed by atoms with Crippen LogP contribution in [0.25, 0.3) is 63.6 Å². The maximum Gasteiger partial charge on any atom is 0.265 e. The number of para-hydroxylation sites is 2. The first-order valence-corrected chi connectivity index (χ1v) is 37.4. The number of amides is 3. The van der Waals surface area contributed by atoms with Crippen LogP contribution in [0.5, 0.6) is 0 Å². The molecule has 0 aliphatic carbocycles. The lowest BCUT2D eigenvalue weighted by Crippen LogP contribution is -2.32. The Bertz CT molecular complexity index is 4980. The van der Waals surface area contributed by atoms with Crippen molar-refractivity contribution < 1.29 is 69.3 Å². The van der Waals surface area contributed by atoms with Crippen molar-refractivity contribution in [3.05, 3.63) is 247 Å². The third-order valence-corrected chi connectivity index (χ3v) is 23.1. The number of nitrogens with zero attached hydrogens (tertiary/aromatic N) is 1. The number of carbonyl (C=O) groups excluding carboxylic acids is 3. The maximum atomic E-state index is 12.6. The van der Waals surface area contributed by atoms with Crippen molar-refractivity contribution >= 4 is 132 Å². The number of carbonyl (C=O) groups is 3. The molecule has 23 nitrogen and oxygen atoms in total. The zero-order valence-electron chi connectivity index (χ0n) is 47.4. The van der Waals surface area contributed by atoms with Gasteiger partial charge in [0.05, 0.1) is 10.2 Å². The summed E-state index contributed by atoms with van der Waals surface area (Å²) in [5, 5.41) is 18.1. The highest BCUT2D eigenvalue weighted by Crippen LogP contribution is 2.35. The van der Waals surface area contributed by atoms with Gasteiger partial charge in [-0.15, -0.1) is 22.7 Å². The zero-order chi connectivity index (χ0) is 66.7. The van der Waals surface area contributed by atoms with Gasteiger partial charge in [-0.1, -0.05) is 121 Å². The lowest BCUT2D eigenvalue weighted by molar-refractivity contribution is 0.0972. The van der Waals surface area contributed by atoms with Gasteiger partial charge >= 0.3 is 0 Å². The van der Waals surface area contributed by atoms with Crippen LogP contribution in [0.4, 0.5) is 0 Å². The average molecular weight is 1400 g/mol. The van der Waals surface area contributed by atoms with Gasteiger partial charge in [0.15, 0.2) is 0 Å². The van der Waals surface area contributed by atoms with E-state index in [4.69, 9.17) is 19.8 Å². The first-order chi connectivity index (χ1) is 43.9. The molecule has 0 spiro atoms. The van der Waals surface area contributed by atoms with Crippen LogP contribution >= 0.6 is 22.7 Å². The van der Waals surface area contributed by atoms with Crippen molar-refractivity contribution in [2.24, 2.45) is 15.4 Å². The number of rotatable bonds is 15. The summed E-state index contributed by atoms with van der Waals surface area (Å²) < 4.78 is 159. The minimum absolute atomic E-state index is 0.0662. The monoisotopic (exact) mass is 1400 g/mol. The summed E-state index contributed by atoms with van der Waals surface area (Å²) in [6.07, 6.45) is 0. The number of aromatic nitrogens is 1. The van der Waals surface area contributed by atoms with E-state index in [2.05, 4.69) is 4.98 Å². The summed E-state index contributed by atoms with van der Waals surface area (Å²) in [4.78, 5) is 39.5. The van der Waals surface area contributed by atoms with E-state index in [0.717, 1.165) is 88.7 Å². The van der Waals surface area contributed by atoms with Gasteiger partial charge < -0.3 is 4.42 Å². The van der Waals surface area contributed by atoms with Crippen molar-refractivity contribution in [3.63, 3.8) is 0 Å². The fraction of sp³-hybridized carbons (Fsp3) is 0. The molecule has 0 saturated heterocycles. The second-order valence-corrected chi connectivity index (χ2v) is 31.5. The molecule has 0 bridgehead atoms. The number of primary sulfonamides is 3. The molecule has 3 heterocycles. The zero-order valence-corrected chi connectivity index (χ0v) is 53.9. The molecular formula is C62H47N7O16S8. The highest BCUT2D eigenvalue weighted by atomic mass is 32.2. The second-order valence-electron chi connectivity index (χ2n) is 19.8. The Morgan fingerprint density at radius 2 is 0.710 bits per heavy atom. The molecule has 0 saturated carbocycles. The normalized spacial score (nSPS) is 12.0. The number of hydrogen-bond donors (Lipinski definition) is 6. The number of furan rings is 1. The topological polar surface area (TPSA) is 396 Å². The van der Waals surface area contributed by atoms with Gasteiger partial charge in [0.25, 0.3) is 47.8 Å². The third kappa shape index (κ3) is 15.5. The number of hydrogen-bond acceptors (Lipinski definition) is 19. The van der Waals surface area contributed by atoms with Gasteiger partial charge in [-0.05, 0) is 120 Å². The minimum Gasteiger partial charge on any atom is -0.456 e. The molecule has 0 atom stereocenters. The Hall–Kier alpha value is -9.64. The molecule has 0 aliphatic heterocycles. The van der Waals surface area contributed by atoms with Gasteiger partial charge in [-0.25, -0.2) is 85.1 Å². The van der Waals surface area contributed by atoms with E-state index >= 15 is 0 Å². The first kappa shape index (κ1) is 66.3. The highest BCUT2D eigenvalue weighted by Gasteiger charge is 2.29. The van der Waals surface area contributed by atoms with Crippen LogP contribution in [-0.2, 0) is 60.1 Å². The summed E-state index contributed by atoms with van der Waals surface area (Å²) in [5.74, 6) is -2.10. The minimum atomic E-state index is -4.48. The molecule has 3 aromatic heterocycles. The van der Waals surface area contributed by atoms with E-state index in [-0.39, 0.29) is 16.7 Å². The molecule has 31 heteroatoms. The van der Waals surface area contributed by atoms with Crippen molar-refractivity contribution in [2.45, 2.75) is 29.4 Å². The van der Waals surface area contributed by atoms with Crippen molar-refractivity contribution in [1.29, 1.82) is 0 Å². The lowest BCUT2D eigenvalue weighted by atomic mass is 10.1. The number of nitrogens with one attached hydrogen (secondary N) is 3. The van der Waals surface area contributed by atoms with E-state index in [0.29, 0.717) is 11.3 Å². The summed E-state index contributed by atoms with van der Waals surface area (Å²) in [6.45, 7) is 0. The number of benzene rings is 9. The van der Waals surface area contributed by atoms with Gasteiger partial charge in [-0.2, -0.15) is 0 Å². The van der Waals surface area contributed by atoms with Crippen LogP contribution < -0.4 is 29.6 Å². The molecular weight excluding hydrogens is 1360 g/mol. The quantitative estimate of drug-likeness (QED) is 0.0557. The van der Waals surface area contributed by atoms with Gasteiger partial charge in [0.1, 0.15) is 45.7 Å². The number of thiazole rings is 1. The largest absolute Gasteiger partial charge is 0.456 e. The lowest BCUT2D eigenvalue weighted by Gasteiger charge is -2.10. The number of fused-ring (bicyclic) bond motifs is 3. The van der Waals surface area contributed by atoms with Crippen LogP contribution in [0.15, 0.2) is 264 Å². The van der Waals surface area contributed by atoms with Gasteiger partial charge in [0.2, 0.25) is 30.1 Å². The van der Waals surface area contributed by atoms with Crippen LogP contribution in [0, 0.1) is 0 Å². The number of sulfonamides is 6. The Morgan fingerprint density at radius 3 is 1.12 bits per heavy atom. The summed E-state index contributed by atoms with van der Waals surface area (Å²) in [6, 6.07) is 60.3. The molecule has 0 fully saturated rings. The van der Waals surface area contributed by atoms with Crippen LogP contribution in [0.3, 0.4) is 0 Å². The molecule has 12 aromatic rings. The van der Waals surface area contributed by atoms with Gasteiger partial charge in [0, 0.05) is 42.8 Å². The molecule has 474 valence electrons. The van der Waals surface area contributed by atoms with E-state index in [1.54, 1.807) is 47.7 Å². The molecule has 9 aromatic carbocycles. The standard InChI is InChI=1S/C21H16N2O6S2.C21H16N2O5S3.C20H15N3O5S3/c2*22-30(25,26)19-7-3-4-8-20(19)31(27,28)23-21(24)15-11-9-14(10-12-15)18-13-16-5-1-2-6-17(16)29-18;21-30(25,26)17-7-3-4-8-18(17)31(27,28)23-19(24)13-9-11-14(12-10-13)20-22-15-5-1-2-6-16(15)29-20/h2*1-13H,(H,23,24)(H2,22,25,26);1-12H,(H,23,24)(H2,21,25,26). The number of thiophene rings is 1. The first-order valence-electron chi connectivity index (χ1n) is 26.7. The molecule has 0 aliphatic rings. The predicted molar refractivity (Wildman–Crippen MR) is 351 cm³/mol. The third-order valence-electron chi connectivity index (χ3n) is 13.4. The molecule has 9 N–H and O–H groups in total. The van der Waals surface area contributed by atoms with Crippen LogP contribution in [-0.4, -0.2) is 73.2 Å². The fourth-order valence-electron chi connectivity index (χ4n) is 9.01. The van der Waals surface area contributed by atoms with E-state index in [1.807, 2.05) is 99.1 Å². The maximum absolute atomic E-state index is 12.6. The fourth-order valence-corrected chi connectivity index (χ4v) is 18.1. The summed E-state index contributed by atoms with van der Waals surface area (Å²) >= 11 is 3.11. The Balaban J connectivity index is 0.000000153. The van der Waals surface area contributed by atoms with Crippen molar-refractivity contribution in [1.82, 2.24) is 19.2 Å². The molecule has 12 rings (SSSR count). The summed E-state index contributed by atoms with van der Waals surface area (Å²) in [7, 11) is -26.3. The molecule has 3 amide bonds.